The molecule has 0 atom stereocenters. The van der Waals surface area contributed by atoms with E-state index in [1.54, 1.807) is 6.07 Å². The van der Waals surface area contributed by atoms with Gasteiger partial charge in [0.05, 0.1) is 5.02 Å². The van der Waals surface area contributed by atoms with Crippen LogP contribution in [-0.4, -0.2) is 19.4 Å². The first-order valence-electron chi connectivity index (χ1n) is 5.08. The van der Waals surface area contributed by atoms with Gasteiger partial charge in [0.1, 0.15) is 0 Å². The van der Waals surface area contributed by atoms with Crippen LogP contribution in [0, 0.1) is 0 Å². The molecule has 0 spiro atoms. The van der Waals surface area contributed by atoms with Crippen LogP contribution in [0.5, 0.6) is 0 Å². The molecule has 0 saturated carbocycles. The van der Waals surface area contributed by atoms with Crippen molar-refractivity contribution in [1.82, 2.24) is 0 Å². The highest BCUT2D eigenvalue weighted by Gasteiger charge is 2.07. The number of carbonyl (C=O) groups excluding carboxylic acids is 1. The van der Waals surface area contributed by atoms with Gasteiger partial charge < -0.3 is 4.90 Å². The Morgan fingerprint density at radius 1 is 1.47 bits per heavy atom. The van der Waals surface area contributed by atoms with E-state index in [0.29, 0.717) is 10.6 Å². The minimum absolute atomic E-state index is 0.00435. The highest BCUT2D eigenvalue weighted by Crippen LogP contribution is 2.23. The molecular weight excluding hydrogens is 210 g/mol. The van der Waals surface area contributed by atoms with Crippen LogP contribution in [0.4, 0.5) is 5.69 Å². The summed E-state index contributed by atoms with van der Waals surface area (Å²) in [5.74, 6) is 0.00435. The molecule has 82 valence electrons. The Bertz CT molecular complexity index is 363. The molecule has 0 unspecified atom stereocenters. The van der Waals surface area contributed by atoms with Crippen molar-refractivity contribution in [2.75, 3.05) is 18.5 Å². The SMILES string of the molecule is CCCN(C)c1ccc(C(C)=O)c(Cl)c1. The summed E-state index contributed by atoms with van der Waals surface area (Å²) in [5, 5.41) is 0.531. The number of nitrogens with zero attached hydrogens (tertiary/aromatic N) is 1. The maximum atomic E-state index is 11.2. The molecule has 15 heavy (non-hydrogen) atoms. The van der Waals surface area contributed by atoms with Gasteiger partial charge >= 0.3 is 0 Å². The van der Waals surface area contributed by atoms with Crippen LogP contribution in [-0.2, 0) is 0 Å². The fourth-order valence-electron chi connectivity index (χ4n) is 1.49. The Hall–Kier alpha value is -1.02. The van der Waals surface area contributed by atoms with Gasteiger partial charge in [-0.25, -0.2) is 0 Å². The van der Waals surface area contributed by atoms with Gasteiger partial charge in [-0.3, -0.25) is 4.79 Å². The molecule has 1 rings (SSSR count). The molecule has 0 radical (unpaired) electrons. The molecule has 0 aliphatic carbocycles. The molecule has 1 aromatic carbocycles. The lowest BCUT2D eigenvalue weighted by Crippen LogP contribution is -2.17. The number of carbonyl (C=O) groups is 1. The number of anilines is 1. The van der Waals surface area contributed by atoms with Gasteiger partial charge in [0.15, 0.2) is 5.78 Å². The second kappa shape index (κ2) is 5.17. The number of Topliss-reactive ketones (excluding diaryl/α,β-unsaturated/α-hetero) is 1. The Morgan fingerprint density at radius 3 is 2.60 bits per heavy atom. The van der Waals surface area contributed by atoms with E-state index in [0.717, 1.165) is 18.7 Å². The van der Waals surface area contributed by atoms with Crippen molar-refractivity contribution in [3.63, 3.8) is 0 Å². The second-order valence-corrected chi connectivity index (χ2v) is 4.05. The summed E-state index contributed by atoms with van der Waals surface area (Å²) in [6.07, 6.45) is 1.09. The predicted molar refractivity (Wildman–Crippen MR) is 65.0 cm³/mol. The van der Waals surface area contributed by atoms with Gasteiger partial charge in [-0.1, -0.05) is 18.5 Å². The number of ketones is 1. The number of rotatable bonds is 4. The topological polar surface area (TPSA) is 20.3 Å². The Kier molecular flexibility index (Phi) is 4.15. The summed E-state index contributed by atoms with van der Waals surface area (Å²) >= 11 is 6.02. The van der Waals surface area contributed by atoms with E-state index in [1.807, 2.05) is 19.2 Å². The molecule has 0 N–H and O–H groups in total. The van der Waals surface area contributed by atoms with Crippen molar-refractivity contribution in [2.24, 2.45) is 0 Å². The van der Waals surface area contributed by atoms with Gasteiger partial charge in [0, 0.05) is 24.8 Å². The van der Waals surface area contributed by atoms with Crippen LogP contribution >= 0.6 is 11.6 Å². The zero-order valence-electron chi connectivity index (χ0n) is 9.38. The third-order valence-corrected chi connectivity index (χ3v) is 2.64. The van der Waals surface area contributed by atoms with Crippen LogP contribution < -0.4 is 4.90 Å². The Balaban J connectivity index is 2.96. The van der Waals surface area contributed by atoms with Gasteiger partial charge in [-0.05, 0) is 31.5 Å². The van der Waals surface area contributed by atoms with E-state index in [-0.39, 0.29) is 5.78 Å². The molecular formula is C12H16ClNO. The average molecular weight is 226 g/mol. The van der Waals surface area contributed by atoms with Crippen LogP contribution in [0.3, 0.4) is 0 Å². The maximum Gasteiger partial charge on any atom is 0.161 e. The monoisotopic (exact) mass is 225 g/mol. The zero-order chi connectivity index (χ0) is 11.4. The first-order chi connectivity index (χ1) is 7.06. The molecule has 2 nitrogen and oxygen atoms in total. The third kappa shape index (κ3) is 2.96. The first-order valence-corrected chi connectivity index (χ1v) is 5.45. The van der Waals surface area contributed by atoms with Crippen LogP contribution in [0.25, 0.3) is 0 Å². The van der Waals surface area contributed by atoms with Gasteiger partial charge in [0.2, 0.25) is 0 Å². The number of halogens is 1. The third-order valence-electron chi connectivity index (χ3n) is 2.33. The molecule has 0 heterocycles. The summed E-state index contributed by atoms with van der Waals surface area (Å²) in [5.41, 5.74) is 1.64. The van der Waals surface area contributed by atoms with E-state index in [4.69, 9.17) is 11.6 Å². The van der Waals surface area contributed by atoms with Crippen molar-refractivity contribution in [2.45, 2.75) is 20.3 Å². The normalized spacial score (nSPS) is 10.1. The number of hydrogen-bond acceptors (Lipinski definition) is 2. The summed E-state index contributed by atoms with van der Waals surface area (Å²) < 4.78 is 0. The van der Waals surface area contributed by atoms with Crippen molar-refractivity contribution in [1.29, 1.82) is 0 Å². The highest BCUT2D eigenvalue weighted by molar-refractivity contribution is 6.34. The summed E-state index contributed by atoms with van der Waals surface area (Å²) in [4.78, 5) is 13.3. The lowest BCUT2D eigenvalue weighted by molar-refractivity contribution is 0.101. The van der Waals surface area contributed by atoms with Crippen molar-refractivity contribution in [3.05, 3.63) is 28.8 Å². The van der Waals surface area contributed by atoms with E-state index < -0.39 is 0 Å². The van der Waals surface area contributed by atoms with Crippen molar-refractivity contribution < 1.29 is 4.79 Å². The molecule has 0 aliphatic rings. The maximum absolute atomic E-state index is 11.2. The predicted octanol–water partition coefficient (Wildman–Crippen LogP) is 3.39. The standard InChI is InChI=1S/C12H16ClNO/c1-4-7-14(3)10-5-6-11(9(2)15)12(13)8-10/h5-6,8H,4,7H2,1-3H3. The fraction of sp³-hybridized carbons (Fsp3) is 0.417. The lowest BCUT2D eigenvalue weighted by Gasteiger charge is -2.18. The van der Waals surface area contributed by atoms with Crippen LogP contribution in [0.15, 0.2) is 18.2 Å². The molecule has 0 aliphatic heterocycles. The quantitative estimate of drug-likeness (QED) is 0.733. The van der Waals surface area contributed by atoms with Crippen LogP contribution in [0.1, 0.15) is 30.6 Å². The molecule has 0 bridgehead atoms. The summed E-state index contributed by atoms with van der Waals surface area (Å²) in [7, 11) is 2.02. The van der Waals surface area contributed by atoms with Gasteiger partial charge in [-0.2, -0.15) is 0 Å². The fourth-order valence-corrected chi connectivity index (χ4v) is 1.80. The minimum Gasteiger partial charge on any atom is -0.375 e. The van der Waals surface area contributed by atoms with E-state index in [9.17, 15) is 4.79 Å². The Morgan fingerprint density at radius 2 is 2.13 bits per heavy atom. The molecule has 0 saturated heterocycles. The van der Waals surface area contributed by atoms with E-state index >= 15 is 0 Å². The van der Waals surface area contributed by atoms with E-state index in [2.05, 4.69) is 11.8 Å². The van der Waals surface area contributed by atoms with Crippen molar-refractivity contribution >= 4 is 23.1 Å². The van der Waals surface area contributed by atoms with Gasteiger partial charge in [-0.15, -0.1) is 0 Å². The summed E-state index contributed by atoms with van der Waals surface area (Å²) in [6.45, 7) is 4.63. The minimum atomic E-state index is 0.00435. The smallest absolute Gasteiger partial charge is 0.161 e. The Labute approximate surface area is 95.8 Å². The van der Waals surface area contributed by atoms with Crippen molar-refractivity contribution in [3.8, 4) is 0 Å². The molecule has 1 aromatic rings. The largest absolute Gasteiger partial charge is 0.375 e. The number of benzene rings is 1. The molecule has 0 fully saturated rings. The first kappa shape index (κ1) is 12.1. The molecule has 3 heteroatoms. The number of hydrogen-bond donors (Lipinski definition) is 0. The van der Waals surface area contributed by atoms with Crippen LogP contribution in [0.2, 0.25) is 5.02 Å². The highest BCUT2D eigenvalue weighted by atomic mass is 35.5. The molecule has 0 amide bonds. The molecule has 0 aromatic heterocycles. The van der Waals surface area contributed by atoms with E-state index in [1.165, 1.54) is 6.92 Å². The second-order valence-electron chi connectivity index (χ2n) is 3.64. The van der Waals surface area contributed by atoms with Gasteiger partial charge in [0.25, 0.3) is 0 Å². The summed E-state index contributed by atoms with van der Waals surface area (Å²) in [6, 6.07) is 5.55. The lowest BCUT2D eigenvalue weighted by atomic mass is 10.1. The average Bonchev–Trinajstić information content (AvgIpc) is 2.17. The zero-order valence-corrected chi connectivity index (χ0v) is 10.1.